The lowest BCUT2D eigenvalue weighted by Crippen LogP contribution is -2.54. The van der Waals surface area contributed by atoms with E-state index in [0.29, 0.717) is 19.8 Å². The van der Waals surface area contributed by atoms with Crippen LogP contribution in [0.4, 0.5) is 0 Å². The highest BCUT2D eigenvalue weighted by Crippen LogP contribution is 2.24. The van der Waals surface area contributed by atoms with Crippen molar-refractivity contribution in [2.45, 2.75) is 432 Å². The Morgan fingerprint density at radius 3 is 0.556 bits per heavy atom. The lowest BCUT2D eigenvalue weighted by Gasteiger charge is -2.39. The molecular formula is C74H152NO6+. The van der Waals surface area contributed by atoms with Gasteiger partial charge in [-0.15, -0.1) is 0 Å². The van der Waals surface area contributed by atoms with Crippen LogP contribution < -0.4 is 0 Å². The van der Waals surface area contributed by atoms with Gasteiger partial charge in [0, 0.05) is 0 Å². The summed E-state index contributed by atoms with van der Waals surface area (Å²) in [5.74, 6) is 0. The van der Waals surface area contributed by atoms with Crippen molar-refractivity contribution < 1.29 is 34.0 Å². The number of unbranched alkanes of at least 4 members (excludes halogenated alkanes) is 42. The highest BCUT2D eigenvalue weighted by molar-refractivity contribution is 4.74. The molecule has 6 atom stereocenters. The SMILES string of the molecule is CCCCCCCCCCCCC(O)C(CCCCCCCC)OCC[N+](CC)(CCOC(CCCCCCCC)C(O)CCCCCCCCCCCC)CCOC(CCCCCCCC)C(O)CCCCCCCCCCCC. The summed E-state index contributed by atoms with van der Waals surface area (Å²) in [6.45, 7) is 21.4. The van der Waals surface area contributed by atoms with E-state index in [4.69, 9.17) is 14.2 Å². The zero-order chi connectivity index (χ0) is 59.2. The van der Waals surface area contributed by atoms with Crippen molar-refractivity contribution in [3.8, 4) is 0 Å². The smallest absolute Gasteiger partial charge is 0.103 e. The first-order valence-corrected chi connectivity index (χ1v) is 37.5. The van der Waals surface area contributed by atoms with Crippen molar-refractivity contribution in [2.24, 2.45) is 0 Å². The number of hydrogen-bond donors (Lipinski definition) is 3. The second-order valence-electron chi connectivity index (χ2n) is 26.3. The van der Waals surface area contributed by atoms with Crippen molar-refractivity contribution in [3.05, 3.63) is 0 Å². The van der Waals surface area contributed by atoms with E-state index < -0.39 is 18.3 Å². The molecule has 0 aromatic heterocycles. The van der Waals surface area contributed by atoms with E-state index in [1.165, 1.54) is 270 Å². The van der Waals surface area contributed by atoms with Gasteiger partial charge in [0.1, 0.15) is 19.6 Å². The molecule has 0 saturated carbocycles. The molecule has 0 aliphatic carbocycles. The van der Waals surface area contributed by atoms with Gasteiger partial charge in [0.05, 0.1) is 63.0 Å². The number of likely N-dealkylation sites (N-methyl/N-ethyl adjacent to an activating group) is 1. The van der Waals surface area contributed by atoms with Gasteiger partial charge in [-0.05, 0) is 45.4 Å². The van der Waals surface area contributed by atoms with E-state index in [0.717, 1.165) is 108 Å². The first-order chi connectivity index (χ1) is 39.8. The molecule has 0 aromatic carbocycles. The Kier molecular flexibility index (Phi) is 64.0. The van der Waals surface area contributed by atoms with Crippen LogP contribution in [0.5, 0.6) is 0 Å². The maximum Gasteiger partial charge on any atom is 0.103 e. The molecular weight excluding hydrogens is 999 g/mol. The minimum absolute atomic E-state index is 0.133. The molecule has 0 aliphatic rings. The average molecular weight is 1150 g/mol. The molecule has 0 saturated heterocycles. The van der Waals surface area contributed by atoms with E-state index in [2.05, 4.69) is 48.5 Å². The standard InChI is InChI=1S/C74H152NO6/c1-8-15-21-27-33-36-39-42-45-51-57-69(76)72(60-54-48-30-24-18-11-4)79-66-63-75(14-7,64-67-80-73(61-55-49-31-25-19-12-5)70(77)58-52-46-43-40-37-34-28-22-16-9-2)65-68-81-74(62-56-50-32-26-20-13-6)71(78)59-53-47-44-41-38-35-29-23-17-10-3/h69-74,76-78H,8-68H2,1-7H3/q+1. The third-order valence-electron chi connectivity index (χ3n) is 18.7. The van der Waals surface area contributed by atoms with Gasteiger partial charge < -0.3 is 34.0 Å². The van der Waals surface area contributed by atoms with Crippen LogP contribution in [0.1, 0.15) is 395 Å². The molecule has 0 heterocycles. The Bertz CT molecular complexity index is 1040. The van der Waals surface area contributed by atoms with Gasteiger partial charge in [-0.3, -0.25) is 0 Å². The van der Waals surface area contributed by atoms with Gasteiger partial charge >= 0.3 is 0 Å². The lowest BCUT2D eigenvalue weighted by molar-refractivity contribution is -0.927. The number of aliphatic hydroxyl groups is 3. The van der Waals surface area contributed by atoms with E-state index >= 15 is 0 Å². The molecule has 0 radical (unpaired) electrons. The van der Waals surface area contributed by atoms with Crippen molar-refractivity contribution in [1.82, 2.24) is 0 Å². The molecule has 0 aliphatic heterocycles. The van der Waals surface area contributed by atoms with Crippen molar-refractivity contribution in [2.75, 3.05) is 46.0 Å². The summed E-state index contributed by atoms with van der Waals surface area (Å²) in [5, 5.41) is 35.4. The topological polar surface area (TPSA) is 88.4 Å². The number of hydrogen-bond acceptors (Lipinski definition) is 6. The van der Waals surface area contributed by atoms with Gasteiger partial charge in [-0.2, -0.15) is 0 Å². The number of rotatable bonds is 70. The maximum absolute atomic E-state index is 11.8. The normalized spacial score (nSPS) is 15.0. The summed E-state index contributed by atoms with van der Waals surface area (Å²) < 4.78 is 21.6. The average Bonchev–Trinajstić information content (AvgIpc) is 3.47. The third kappa shape index (κ3) is 52.6. The van der Waals surface area contributed by atoms with Crippen LogP contribution in [0.15, 0.2) is 0 Å². The second kappa shape index (κ2) is 64.2. The van der Waals surface area contributed by atoms with Crippen molar-refractivity contribution >= 4 is 0 Å². The van der Waals surface area contributed by atoms with E-state index in [1.807, 2.05) is 0 Å². The van der Waals surface area contributed by atoms with Crippen LogP contribution in [0.25, 0.3) is 0 Å². The largest absolute Gasteiger partial charge is 0.390 e. The molecule has 0 rings (SSSR count). The molecule has 7 nitrogen and oxygen atoms in total. The monoisotopic (exact) mass is 1150 g/mol. The highest BCUT2D eigenvalue weighted by atomic mass is 16.5. The van der Waals surface area contributed by atoms with E-state index in [9.17, 15) is 15.3 Å². The molecule has 6 unspecified atom stereocenters. The van der Waals surface area contributed by atoms with Crippen molar-refractivity contribution in [3.63, 3.8) is 0 Å². The fourth-order valence-corrected chi connectivity index (χ4v) is 12.6. The van der Waals surface area contributed by atoms with Crippen LogP contribution in [0.3, 0.4) is 0 Å². The number of aliphatic hydroxyl groups excluding tert-OH is 3. The van der Waals surface area contributed by atoms with Gasteiger partial charge in [0.15, 0.2) is 0 Å². The molecule has 0 amide bonds. The zero-order valence-corrected chi connectivity index (χ0v) is 56.6. The van der Waals surface area contributed by atoms with Gasteiger partial charge in [-0.25, -0.2) is 0 Å². The Morgan fingerprint density at radius 2 is 0.383 bits per heavy atom. The molecule has 488 valence electrons. The Morgan fingerprint density at radius 1 is 0.222 bits per heavy atom. The summed E-state index contributed by atoms with van der Waals surface area (Å²) in [6, 6.07) is 0. The van der Waals surface area contributed by atoms with Crippen molar-refractivity contribution in [1.29, 1.82) is 0 Å². The molecule has 0 fully saturated rings. The summed E-state index contributed by atoms with van der Waals surface area (Å²) in [7, 11) is 0. The molecule has 3 N–H and O–H groups in total. The summed E-state index contributed by atoms with van der Waals surface area (Å²) in [5.41, 5.74) is 0. The third-order valence-corrected chi connectivity index (χ3v) is 18.7. The summed E-state index contributed by atoms with van der Waals surface area (Å²) in [6.07, 6.45) is 65.1. The van der Waals surface area contributed by atoms with Crippen LogP contribution >= 0.6 is 0 Å². The Hall–Kier alpha value is -0.280. The fraction of sp³-hybridized carbons (Fsp3) is 1.00. The number of quaternary nitrogens is 1. The van der Waals surface area contributed by atoms with Gasteiger partial charge in [-0.1, -0.05) is 350 Å². The number of nitrogens with zero attached hydrogens (tertiary/aromatic N) is 1. The highest BCUT2D eigenvalue weighted by Gasteiger charge is 2.30. The molecule has 0 bridgehead atoms. The minimum Gasteiger partial charge on any atom is -0.390 e. The molecule has 7 heteroatoms. The van der Waals surface area contributed by atoms with Crippen LogP contribution in [-0.2, 0) is 14.2 Å². The van der Waals surface area contributed by atoms with E-state index in [-0.39, 0.29) is 18.3 Å². The Balaban J connectivity index is 6.25. The zero-order valence-electron chi connectivity index (χ0n) is 56.6. The van der Waals surface area contributed by atoms with Crippen LogP contribution in [0, 0.1) is 0 Å². The molecule has 0 aromatic rings. The molecule has 0 spiro atoms. The maximum atomic E-state index is 11.8. The van der Waals surface area contributed by atoms with Gasteiger partial charge in [0.2, 0.25) is 0 Å². The predicted molar refractivity (Wildman–Crippen MR) is 356 cm³/mol. The fourth-order valence-electron chi connectivity index (χ4n) is 12.6. The summed E-state index contributed by atoms with van der Waals surface area (Å²) >= 11 is 0. The number of ether oxygens (including phenoxy) is 3. The second-order valence-corrected chi connectivity index (χ2v) is 26.3. The Labute approximate surface area is 509 Å². The quantitative estimate of drug-likeness (QED) is 0.0415. The minimum atomic E-state index is -0.426. The predicted octanol–water partition coefficient (Wildman–Crippen LogP) is 22.2. The molecule has 81 heavy (non-hydrogen) atoms. The van der Waals surface area contributed by atoms with E-state index in [1.54, 1.807) is 0 Å². The summed E-state index contributed by atoms with van der Waals surface area (Å²) in [4.78, 5) is 0. The first kappa shape index (κ1) is 80.7. The van der Waals surface area contributed by atoms with Gasteiger partial charge in [0.25, 0.3) is 0 Å². The first-order valence-electron chi connectivity index (χ1n) is 37.5. The van der Waals surface area contributed by atoms with Crippen LogP contribution in [-0.4, -0.2) is 102 Å². The lowest BCUT2D eigenvalue weighted by atomic mass is 9.99. The van der Waals surface area contributed by atoms with Crippen LogP contribution in [0.2, 0.25) is 0 Å².